The Morgan fingerprint density at radius 3 is 2.60 bits per heavy atom. The van der Waals surface area contributed by atoms with E-state index in [1.165, 1.54) is 18.3 Å². The van der Waals surface area contributed by atoms with Crippen LogP contribution in [0.4, 0.5) is 11.4 Å². The van der Waals surface area contributed by atoms with Crippen molar-refractivity contribution in [1.29, 1.82) is 0 Å². The van der Waals surface area contributed by atoms with Crippen molar-refractivity contribution in [3.63, 3.8) is 0 Å². The van der Waals surface area contributed by atoms with Gasteiger partial charge < -0.3 is 4.84 Å². The molecule has 1 heterocycles. The fourth-order valence-electron chi connectivity index (χ4n) is 2.15. The second-order valence-corrected chi connectivity index (χ2v) is 4.83. The van der Waals surface area contributed by atoms with Gasteiger partial charge in [-0.05, 0) is 30.4 Å². The highest BCUT2D eigenvalue weighted by molar-refractivity contribution is 6.22. The van der Waals surface area contributed by atoms with E-state index in [-0.39, 0.29) is 22.9 Å². The van der Waals surface area contributed by atoms with Crippen LogP contribution in [0.2, 0.25) is 0 Å². The van der Waals surface area contributed by atoms with Crippen LogP contribution < -0.4 is 4.84 Å². The van der Waals surface area contributed by atoms with Crippen molar-refractivity contribution in [3.8, 4) is 5.75 Å². The van der Waals surface area contributed by atoms with E-state index in [9.17, 15) is 25.0 Å². The molecule has 1 aromatic heterocycles. The molecule has 0 spiro atoms. The topological polar surface area (TPSA) is 138 Å². The van der Waals surface area contributed by atoms with Gasteiger partial charge in [-0.25, -0.2) is 0 Å². The Kier molecular flexibility index (Phi) is 4.00. The Labute approximate surface area is 139 Å². The number of fused-ring (bicyclic) bond motifs is 1. The van der Waals surface area contributed by atoms with Crippen LogP contribution in [0.3, 0.4) is 0 Å². The number of hydrogen-bond donors (Lipinski definition) is 0. The maximum atomic E-state index is 11.8. The molecule has 0 amide bonds. The zero-order chi connectivity index (χ0) is 18.0. The van der Waals surface area contributed by atoms with Gasteiger partial charge in [-0.3, -0.25) is 30.0 Å². The zero-order valence-corrected chi connectivity index (χ0v) is 12.4. The molecule has 0 radical (unpaired) electrons. The number of carbonyl (C=O) groups excluding carboxylic acids is 1. The van der Waals surface area contributed by atoms with E-state index < -0.39 is 21.2 Å². The number of benzene rings is 1. The lowest BCUT2D eigenvalue weighted by molar-refractivity contribution is -0.394. The molecule has 10 heteroatoms. The first-order valence-corrected chi connectivity index (χ1v) is 6.83. The van der Waals surface area contributed by atoms with Crippen LogP contribution in [0.15, 0.2) is 53.8 Å². The predicted octanol–water partition coefficient (Wildman–Crippen LogP) is 2.43. The smallest absolute Gasteiger partial charge is 0.321 e. The maximum absolute atomic E-state index is 11.8. The van der Waals surface area contributed by atoms with Gasteiger partial charge in [0.1, 0.15) is 11.4 Å². The number of rotatable bonds is 4. The fourth-order valence-corrected chi connectivity index (χ4v) is 2.15. The average molecular weight is 340 g/mol. The van der Waals surface area contributed by atoms with Crippen LogP contribution in [0.5, 0.6) is 5.75 Å². The molecule has 0 aliphatic heterocycles. The Morgan fingerprint density at radius 1 is 1.08 bits per heavy atom. The first-order chi connectivity index (χ1) is 12.0. The second kappa shape index (κ2) is 6.28. The third kappa shape index (κ3) is 3.08. The lowest BCUT2D eigenvalue weighted by atomic mass is 10.00. The van der Waals surface area contributed by atoms with E-state index in [4.69, 9.17) is 4.84 Å². The van der Waals surface area contributed by atoms with Crippen LogP contribution in [-0.2, 0) is 0 Å². The minimum absolute atomic E-state index is 0.186. The van der Waals surface area contributed by atoms with Gasteiger partial charge in [-0.2, -0.15) is 0 Å². The molecule has 0 fully saturated rings. The summed E-state index contributed by atoms with van der Waals surface area (Å²) in [7, 11) is 0. The molecule has 10 nitrogen and oxygen atoms in total. The fraction of sp³-hybridized carbons (Fsp3) is 0. The Balaban J connectivity index is 1.97. The minimum atomic E-state index is -0.807. The van der Waals surface area contributed by atoms with Crippen LogP contribution in [0.25, 0.3) is 0 Å². The second-order valence-electron chi connectivity index (χ2n) is 4.83. The third-order valence-corrected chi connectivity index (χ3v) is 3.30. The van der Waals surface area contributed by atoms with E-state index in [0.717, 1.165) is 18.2 Å². The molecule has 3 rings (SSSR count). The normalized spacial score (nSPS) is 14.2. The molecule has 0 saturated heterocycles. The van der Waals surface area contributed by atoms with Gasteiger partial charge in [0.15, 0.2) is 0 Å². The van der Waals surface area contributed by atoms with E-state index >= 15 is 0 Å². The first-order valence-electron chi connectivity index (χ1n) is 6.83. The van der Waals surface area contributed by atoms with Crippen molar-refractivity contribution in [1.82, 2.24) is 4.98 Å². The largest absolute Gasteiger partial charge is 0.349 e. The third-order valence-electron chi connectivity index (χ3n) is 3.30. The summed E-state index contributed by atoms with van der Waals surface area (Å²) >= 11 is 0. The molecular formula is C15H8N4O6. The average Bonchev–Trinajstić information content (AvgIpc) is 2.61. The number of oxime groups is 1. The number of ketones is 1. The minimum Gasteiger partial charge on any atom is -0.349 e. The molecule has 0 N–H and O–H groups in total. The molecule has 0 unspecified atom stereocenters. The Morgan fingerprint density at radius 2 is 1.88 bits per heavy atom. The molecular weight excluding hydrogens is 332 g/mol. The highest BCUT2D eigenvalue weighted by Gasteiger charge is 2.22. The molecule has 124 valence electrons. The number of pyridine rings is 1. The summed E-state index contributed by atoms with van der Waals surface area (Å²) in [5, 5.41) is 25.6. The van der Waals surface area contributed by atoms with Crippen LogP contribution in [0, 0.1) is 20.2 Å². The van der Waals surface area contributed by atoms with Crippen LogP contribution >= 0.6 is 0 Å². The lowest BCUT2D eigenvalue weighted by Crippen LogP contribution is -2.14. The van der Waals surface area contributed by atoms with Gasteiger partial charge in [0.2, 0.25) is 11.5 Å². The number of aromatic nitrogens is 1. The molecule has 0 bridgehead atoms. The number of carbonyl (C=O) groups is 1. The summed E-state index contributed by atoms with van der Waals surface area (Å²) in [5.74, 6) is -0.560. The van der Waals surface area contributed by atoms with E-state index in [0.29, 0.717) is 5.56 Å². The molecule has 0 atom stereocenters. The van der Waals surface area contributed by atoms with Gasteiger partial charge in [0.25, 0.3) is 5.69 Å². The number of nitrogens with zero attached hydrogens (tertiary/aromatic N) is 4. The summed E-state index contributed by atoms with van der Waals surface area (Å²) in [4.78, 5) is 41.1. The van der Waals surface area contributed by atoms with Crippen molar-refractivity contribution >= 4 is 22.9 Å². The zero-order valence-electron chi connectivity index (χ0n) is 12.4. The first kappa shape index (κ1) is 15.9. The van der Waals surface area contributed by atoms with Gasteiger partial charge in [0, 0.05) is 17.8 Å². The van der Waals surface area contributed by atoms with Crippen molar-refractivity contribution < 1.29 is 19.5 Å². The van der Waals surface area contributed by atoms with Crippen molar-refractivity contribution in [2.45, 2.75) is 0 Å². The predicted molar refractivity (Wildman–Crippen MR) is 84.6 cm³/mol. The van der Waals surface area contributed by atoms with Crippen molar-refractivity contribution in [2.24, 2.45) is 5.16 Å². The van der Waals surface area contributed by atoms with E-state index in [2.05, 4.69) is 10.1 Å². The monoisotopic (exact) mass is 340 g/mol. The number of nitro benzene ring substituents is 2. The molecule has 0 saturated carbocycles. The Bertz CT molecular complexity index is 966. The molecule has 1 aliphatic rings. The summed E-state index contributed by atoms with van der Waals surface area (Å²) in [6, 6.07) is 6.15. The highest BCUT2D eigenvalue weighted by Crippen LogP contribution is 2.31. The number of nitro groups is 2. The number of hydrogen-bond acceptors (Lipinski definition) is 8. The van der Waals surface area contributed by atoms with Crippen LogP contribution in [0.1, 0.15) is 16.1 Å². The molecule has 25 heavy (non-hydrogen) atoms. The lowest BCUT2D eigenvalue weighted by Gasteiger charge is -2.10. The summed E-state index contributed by atoms with van der Waals surface area (Å²) in [5.41, 5.74) is -0.189. The number of allylic oxidation sites excluding steroid dienone is 2. The highest BCUT2D eigenvalue weighted by atomic mass is 16.7. The van der Waals surface area contributed by atoms with Crippen LogP contribution in [-0.4, -0.2) is 26.3 Å². The van der Waals surface area contributed by atoms with Gasteiger partial charge in [-0.1, -0.05) is 5.16 Å². The summed E-state index contributed by atoms with van der Waals surface area (Å²) in [6.45, 7) is 0. The maximum Gasteiger partial charge on any atom is 0.321 e. The number of non-ortho nitro benzene ring substituents is 1. The molecule has 1 aromatic carbocycles. The molecule has 2 aromatic rings. The quantitative estimate of drug-likeness (QED) is 0.615. The summed E-state index contributed by atoms with van der Waals surface area (Å²) in [6.07, 6.45) is 4.10. The van der Waals surface area contributed by atoms with E-state index in [1.807, 2.05) is 0 Å². The summed E-state index contributed by atoms with van der Waals surface area (Å²) < 4.78 is 0. The van der Waals surface area contributed by atoms with E-state index in [1.54, 1.807) is 12.1 Å². The van der Waals surface area contributed by atoms with Gasteiger partial charge in [0.05, 0.1) is 15.9 Å². The van der Waals surface area contributed by atoms with Crippen molar-refractivity contribution in [2.75, 3.05) is 0 Å². The van der Waals surface area contributed by atoms with Gasteiger partial charge >= 0.3 is 5.69 Å². The Hall–Kier alpha value is -3.95. The van der Waals surface area contributed by atoms with Crippen molar-refractivity contribution in [3.05, 3.63) is 80.2 Å². The molecule has 1 aliphatic carbocycles. The standard InChI is InChI=1S/C15H8N4O6/c20-13-5-4-11(10-2-1-7-16-15(10)13)17-25-14-6-3-9(18(21)22)8-12(14)19(23)24/h1-8H/b17-11-. The van der Waals surface area contributed by atoms with Gasteiger partial charge in [-0.15, -0.1) is 0 Å². The SMILES string of the molecule is O=C1C=C/C(=N/Oc2ccc([N+](=O)[O-])cc2[N+](=O)[O-])c2cccnc21.